The Morgan fingerprint density at radius 1 is 1.22 bits per heavy atom. The lowest BCUT2D eigenvalue weighted by Crippen LogP contribution is -2.33. The van der Waals surface area contributed by atoms with E-state index in [0.29, 0.717) is 35.8 Å². The molecule has 3 rings (SSSR count). The number of amides is 1. The van der Waals surface area contributed by atoms with Gasteiger partial charge in [0.15, 0.2) is 0 Å². The van der Waals surface area contributed by atoms with Gasteiger partial charge in [-0.3, -0.25) is 9.59 Å². The second kappa shape index (κ2) is 10.2. The average molecular weight is 461 g/mol. The summed E-state index contributed by atoms with van der Waals surface area (Å²) in [5.41, 5.74) is 0.318. The van der Waals surface area contributed by atoms with Crippen LogP contribution >= 0.6 is 11.6 Å². The monoisotopic (exact) mass is 460 g/mol. The number of rotatable bonds is 9. The molecule has 172 valence electrons. The molecule has 0 aliphatic carbocycles. The van der Waals surface area contributed by atoms with Crippen molar-refractivity contribution in [2.45, 2.75) is 33.2 Å². The molecule has 1 amide bonds. The number of Topliss-reactive ketones (excluding diaryl/α,β-unsaturated/α-hetero) is 1. The molecule has 1 fully saturated rings. The molecular weight excluding hydrogens is 432 g/mol. The fourth-order valence-electron chi connectivity index (χ4n) is 3.98. The predicted molar refractivity (Wildman–Crippen MR) is 123 cm³/mol. The Labute approximate surface area is 193 Å². The summed E-state index contributed by atoms with van der Waals surface area (Å²) in [5.74, 6) is -0.149. The van der Waals surface area contributed by atoms with Crippen LogP contribution in [0.1, 0.15) is 43.4 Å². The third kappa shape index (κ3) is 4.69. The second-order valence-corrected chi connectivity index (χ2v) is 8.08. The molecule has 32 heavy (non-hydrogen) atoms. The lowest BCUT2D eigenvalue weighted by atomic mass is 9.99. The van der Waals surface area contributed by atoms with Crippen molar-refractivity contribution in [1.29, 1.82) is 0 Å². The molecule has 1 aromatic carbocycles. The third-order valence-corrected chi connectivity index (χ3v) is 6.06. The van der Waals surface area contributed by atoms with Gasteiger partial charge in [0.05, 0.1) is 17.7 Å². The molecule has 2 heterocycles. The first-order valence-electron chi connectivity index (χ1n) is 10.7. The Hall–Kier alpha value is -2.77. The zero-order chi connectivity index (χ0) is 23.4. The van der Waals surface area contributed by atoms with E-state index >= 15 is 0 Å². The van der Waals surface area contributed by atoms with Crippen LogP contribution < -0.4 is 4.74 Å². The number of ketones is 1. The van der Waals surface area contributed by atoms with Crippen LogP contribution in [0.4, 0.5) is 0 Å². The van der Waals surface area contributed by atoms with Crippen molar-refractivity contribution in [3.05, 3.63) is 58.0 Å². The van der Waals surface area contributed by atoms with Crippen molar-refractivity contribution in [3.63, 3.8) is 0 Å². The van der Waals surface area contributed by atoms with Gasteiger partial charge in [0.25, 0.3) is 11.7 Å². The van der Waals surface area contributed by atoms with E-state index < -0.39 is 17.7 Å². The second-order valence-electron chi connectivity index (χ2n) is 7.67. The summed E-state index contributed by atoms with van der Waals surface area (Å²) in [4.78, 5) is 29.7. The summed E-state index contributed by atoms with van der Waals surface area (Å²) in [5, 5.41) is 11.4. The molecule has 0 saturated carbocycles. The highest BCUT2D eigenvalue weighted by molar-refractivity contribution is 6.46. The zero-order valence-corrected chi connectivity index (χ0v) is 19.6. The van der Waals surface area contributed by atoms with Gasteiger partial charge in [-0.1, -0.05) is 25.4 Å². The van der Waals surface area contributed by atoms with Crippen LogP contribution in [0.5, 0.6) is 5.75 Å². The minimum Gasteiger partial charge on any atom is -0.507 e. The minimum absolute atomic E-state index is 0.00609. The smallest absolute Gasteiger partial charge is 0.295 e. The molecule has 8 heteroatoms. The van der Waals surface area contributed by atoms with Crippen LogP contribution in [0.3, 0.4) is 0 Å². The van der Waals surface area contributed by atoms with Crippen molar-refractivity contribution in [3.8, 4) is 5.75 Å². The number of aryl methyl sites for hydroxylation is 1. The van der Waals surface area contributed by atoms with Crippen molar-refractivity contribution in [2.24, 2.45) is 0 Å². The molecule has 1 atom stereocenters. The maximum absolute atomic E-state index is 13.0. The molecule has 7 nitrogen and oxygen atoms in total. The van der Waals surface area contributed by atoms with E-state index in [9.17, 15) is 14.7 Å². The number of halogens is 1. The van der Waals surface area contributed by atoms with Crippen molar-refractivity contribution in [2.75, 3.05) is 33.3 Å². The Morgan fingerprint density at radius 2 is 1.94 bits per heavy atom. The number of likely N-dealkylation sites (tertiary alicyclic amines) is 1. The van der Waals surface area contributed by atoms with Gasteiger partial charge in [-0.25, -0.2) is 0 Å². The summed E-state index contributed by atoms with van der Waals surface area (Å²) >= 11 is 6.21. The summed E-state index contributed by atoms with van der Waals surface area (Å²) in [7, 11) is 1.49. The van der Waals surface area contributed by atoms with Crippen LogP contribution in [-0.2, 0) is 9.59 Å². The van der Waals surface area contributed by atoms with Gasteiger partial charge in [0.1, 0.15) is 29.1 Å². The lowest BCUT2D eigenvalue weighted by molar-refractivity contribution is -0.140. The van der Waals surface area contributed by atoms with Crippen LogP contribution in [0.25, 0.3) is 5.76 Å². The number of nitrogens with zero attached hydrogens (tertiary/aromatic N) is 2. The molecule has 0 bridgehead atoms. The highest BCUT2D eigenvalue weighted by atomic mass is 35.5. The number of aliphatic hydroxyl groups excluding tert-OH is 1. The Bertz CT molecular complexity index is 1030. The van der Waals surface area contributed by atoms with E-state index in [1.165, 1.54) is 18.1 Å². The van der Waals surface area contributed by atoms with E-state index in [1.807, 2.05) is 0 Å². The van der Waals surface area contributed by atoms with Gasteiger partial charge in [-0.05, 0) is 63.3 Å². The number of aliphatic hydroxyl groups is 1. The summed E-state index contributed by atoms with van der Waals surface area (Å²) < 4.78 is 11.0. The summed E-state index contributed by atoms with van der Waals surface area (Å²) in [6.45, 7) is 8.95. The topological polar surface area (TPSA) is 83.2 Å². The standard InChI is InChI=1S/C24H29ClN2O5/c1-5-26(6-2)12-7-13-27-21(19-10-8-15(3)32-19)20(23(29)24(27)30)22(28)16-9-11-18(31-4)17(25)14-16/h8-11,14,21,28H,5-7,12-13H2,1-4H3/b22-20+/t21-/m1/s1. The lowest BCUT2D eigenvalue weighted by Gasteiger charge is -2.25. The van der Waals surface area contributed by atoms with E-state index in [1.54, 1.807) is 31.2 Å². The molecule has 0 unspecified atom stereocenters. The van der Waals surface area contributed by atoms with Gasteiger partial charge in [0, 0.05) is 12.1 Å². The molecule has 1 aliphatic heterocycles. The molecule has 1 N–H and O–H groups in total. The number of ether oxygens (including phenoxy) is 1. The van der Waals surface area contributed by atoms with Crippen LogP contribution in [0, 0.1) is 6.92 Å². The number of furan rings is 1. The number of hydrogen-bond donors (Lipinski definition) is 1. The quantitative estimate of drug-likeness (QED) is 0.339. The molecule has 0 radical (unpaired) electrons. The maximum Gasteiger partial charge on any atom is 0.295 e. The van der Waals surface area contributed by atoms with Crippen LogP contribution in [0.2, 0.25) is 5.02 Å². The third-order valence-electron chi connectivity index (χ3n) is 5.76. The van der Waals surface area contributed by atoms with Crippen LogP contribution in [-0.4, -0.2) is 59.9 Å². The fraction of sp³-hybridized carbons (Fsp3) is 0.417. The average Bonchev–Trinajstić information content (AvgIpc) is 3.32. The molecule has 0 spiro atoms. The SMILES string of the molecule is CCN(CC)CCCN1C(=O)C(=O)/C(=C(/O)c2ccc(OC)c(Cl)c2)[C@H]1c1ccc(C)o1. The van der Waals surface area contributed by atoms with E-state index in [0.717, 1.165) is 19.6 Å². The van der Waals surface area contributed by atoms with Gasteiger partial charge in [-0.15, -0.1) is 0 Å². The number of carbonyl (C=O) groups is 2. The van der Waals surface area contributed by atoms with Gasteiger partial charge < -0.3 is 24.1 Å². The maximum atomic E-state index is 13.0. The normalized spacial score (nSPS) is 18.1. The minimum atomic E-state index is -0.804. The van der Waals surface area contributed by atoms with Gasteiger partial charge >= 0.3 is 0 Å². The first-order chi connectivity index (χ1) is 15.3. The molecule has 2 aromatic rings. The molecule has 1 saturated heterocycles. The molecule has 1 aliphatic rings. The Balaban J connectivity index is 2.02. The number of hydrogen-bond acceptors (Lipinski definition) is 6. The highest BCUT2D eigenvalue weighted by Crippen LogP contribution is 2.40. The van der Waals surface area contributed by atoms with E-state index in [2.05, 4.69) is 18.7 Å². The van der Waals surface area contributed by atoms with Crippen molar-refractivity contribution in [1.82, 2.24) is 9.80 Å². The van der Waals surface area contributed by atoms with Gasteiger partial charge in [0.2, 0.25) is 0 Å². The predicted octanol–water partition coefficient (Wildman–Crippen LogP) is 4.40. The fourth-order valence-corrected chi connectivity index (χ4v) is 4.24. The Morgan fingerprint density at radius 3 is 2.50 bits per heavy atom. The Kier molecular flexibility index (Phi) is 7.64. The van der Waals surface area contributed by atoms with Crippen molar-refractivity contribution < 1.29 is 23.8 Å². The molecule has 1 aromatic heterocycles. The van der Waals surface area contributed by atoms with Crippen molar-refractivity contribution >= 4 is 29.1 Å². The molecular formula is C24H29ClN2O5. The van der Waals surface area contributed by atoms with Crippen LogP contribution in [0.15, 0.2) is 40.3 Å². The largest absolute Gasteiger partial charge is 0.507 e. The zero-order valence-electron chi connectivity index (χ0n) is 18.9. The van der Waals surface area contributed by atoms with Gasteiger partial charge in [-0.2, -0.15) is 0 Å². The highest BCUT2D eigenvalue weighted by Gasteiger charge is 2.47. The first-order valence-corrected chi connectivity index (χ1v) is 11.1. The number of carbonyl (C=O) groups excluding carboxylic acids is 2. The first kappa shape index (κ1) is 23.9. The van der Waals surface area contributed by atoms with E-state index in [-0.39, 0.29) is 16.4 Å². The summed E-state index contributed by atoms with van der Waals surface area (Å²) in [6.07, 6.45) is 0.694. The number of methoxy groups -OCH3 is 1. The van der Waals surface area contributed by atoms with E-state index in [4.69, 9.17) is 20.8 Å². The summed E-state index contributed by atoms with van der Waals surface area (Å²) in [6, 6.07) is 7.41. The number of benzene rings is 1.